The summed E-state index contributed by atoms with van der Waals surface area (Å²) in [7, 11) is -4.18. The van der Waals surface area contributed by atoms with E-state index < -0.39 is 26.0 Å². The molecule has 1 aromatic carbocycles. The van der Waals surface area contributed by atoms with E-state index in [4.69, 9.17) is 16.7 Å². The first-order chi connectivity index (χ1) is 6.32. The molecule has 0 saturated heterocycles. The predicted octanol–water partition coefficient (Wildman–Crippen LogP) is 0.852. The molecule has 0 unspecified atom stereocenters. The highest BCUT2D eigenvalue weighted by Gasteiger charge is 2.16. The van der Waals surface area contributed by atoms with Gasteiger partial charge >= 0.3 is 0 Å². The van der Waals surface area contributed by atoms with Gasteiger partial charge in [0.05, 0.1) is 0 Å². The van der Waals surface area contributed by atoms with Gasteiger partial charge in [0.1, 0.15) is 10.7 Å². The van der Waals surface area contributed by atoms with Crippen molar-refractivity contribution in [3.8, 4) is 0 Å². The number of halogens is 2. The summed E-state index contributed by atoms with van der Waals surface area (Å²) in [6.45, 7) is 0. The second-order valence-electron chi connectivity index (χ2n) is 2.46. The van der Waals surface area contributed by atoms with Crippen LogP contribution in [0.1, 0.15) is 10.4 Å². The molecule has 2 N–H and O–H groups in total. The van der Waals surface area contributed by atoms with E-state index in [1.54, 1.807) is 0 Å². The van der Waals surface area contributed by atoms with E-state index in [0.717, 1.165) is 18.2 Å². The zero-order valence-electron chi connectivity index (χ0n) is 6.70. The molecule has 7 heteroatoms. The number of hydrogen-bond donors (Lipinski definition) is 1. The minimum absolute atomic E-state index is 0.128. The summed E-state index contributed by atoms with van der Waals surface area (Å²) in [5, 5.41) is 3.82. The molecule has 4 nitrogen and oxygen atoms in total. The minimum Gasteiger partial charge on any atom is -0.276 e. The smallest absolute Gasteiger partial charge is 0.252 e. The van der Waals surface area contributed by atoms with Crippen LogP contribution in [0, 0.1) is 5.82 Å². The lowest BCUT2D eigenvalue weighted by Crippen LogP contribution is -2.14. The highest BCUT2D eigenvalue weighted by atomic mass is 35.5. The molecule has 0 radical (unpaired) electrons. The van der Waals surface area contributed by atoms with Gasteiger partial charge in [0.2, 0.25) is 10.0 Å². The molecule has 0 saturated carbocycles. The third-order valence-corrected chi connectivity index (χ3v) is 2.61. The molecule has 1 rings (SSSR count). The predicted molar refractivity (Wildman–Crippen MR) is 48.0 cm³/mol. The van der Waals surface area contributed by atoms with E-state index in [0.29, 0.717) is 0 Å². The Morgan fingerprint density at radius 2 is 2.00 bits per heavy atom. The van der Waals surface area contributed by atoms with E-state index in [1.165, 1.54) is 0 Å². The van der Waals surface area contributed by atoms with Crippen molar-refractivity contribution in [2.45, 2.75) is 4.90 Å². The molecule has 0 spiro atoms. The Morgan fingerprint density at radius 3 is 2.43 bits per heavy atom. The maximum atomic E-state index is 12.9. The van der Waals surface area contributed by atoms with Gasteiger partial charge in [-0.05, 0) is 29.8 Å². The third kappa shape index (κ3) is 2.28. The van der Waals surface area contributed by atoms with Crippen LogP contribution in [0.4, 0.5) is 4.39 Å². The third-order valence-electron chi connectivity index (χ3n) is 1.46. The molecule has 0 fully saturated rings. The van der Waals surface area contributed by atoms with E-state index in [2.05, 4.69) is 0 Å². The molecule has 0 amide bonds. The van der Waals surface area contributed by atoms with Crippen molar-refractivity contribution in [3.05, 3.63) is 29.6 Å². The molecule has 0 heterocycles. The molecular weight excluding hydrogens is 233 g/mol. The SMILES string of the molecule is NS(=O)(=O)c1cc(C(=O)Cl)ccc1F. The van der Waals surface area contributed by atoms with Gasteiger partial charge in [-0.3, -0.25) is 4.79 Å². The first-order valence-electron chi connectivity index (χ1n) is 3.34. The zero-order valence-corrected chi connectivity index (χ0v) is 8.27. The largest absolute Gasteiger partial charge is 0.276 e. The van der Waals surface area contributed by atoms with Crippen molar-refractivity contribution in [2.24, 2.45) is 5.14 Å². The van der Waals surface area contributed by atoms with Crippen LogP contribution in [0.3, 0.4) is 0 Å². The lowest BCUT2D eigenvalue weighted by atomic mass is 10.2. The van der Waals surface area contributed by atoms with E-state index in [1.807, 2.05) is 0 Å². The Hall–Kier alpha value is -0.980. The van der Waals surface area contributed by atoms with Crippen LogP contribution in [-0.2, 0) is 10.0 Å². The molecular formula is C7H5ClFNO3S. The average molecular weight is 238 g/mol. The van der Waals surface area contributed by atoms with Gasteiger partial charge in [-0.15, -0.1) is 0 Å². The number of benzene rings is 1. The topological polar surface area (TPSA) is 77.2 Å². The van der Waals surface area contributed by atoms with Gasteiger partial charge in [0.25, 0.3) is 5.24 Å². The van der Waals surface area contributed by atoms with Crippen molar-refractivity contribution in [1.82, 2.24) is 0 Å². The molecule has 0 aliphatic carbocycles. The van der Waals surface area contributed by atoms with Crippen molar-refractivity contribution < 1.29 is 17.6 Å². The fourth-order valence-corrected chi connectivity index (χ4v) is 1.59. The molecule has 1 aromatic rings. The summed E-state index contributed by atoms with van der Waals surface area (Å²) in [5.41, 5.74) is -0.128. The van der Waals surface area contributed by atoms with Gasteiger partial charge in [0, 0.05) is 5.56 Å². The van der Waals surface area contributed by atoms with Crippen LogP contribution in [0.2, 0.25) is 0 Å². The first kappa shape index (κ1) is 11.1. The number of hydrogen-bond acceptors (Lipinski definition) is 3. The summed E-state index contributed by atoms with van der Waals surface area (Å²) in [4.78, 5) is 9.90. The van der Waals surface area contributed by atoms with Crippen LogP contribution in [-0.4, -0.2) is 13.7 Å². The molecule has 0 atom stereocenters. The summed E-state index contributed by atoms with van der Waals surface area (Å²) < 4.78 is 34.5. The zero-order chi connectivity index (χ0) is 10.9. The number of carbonyl (C=O) groups is 1. The molecule has 14 heavy (non-hydrogen) atoms. The number of primary sulfonamides is 1. The Balaban J connectivity index is 3.44. The maximum Gasteiger partial charge on any atom is 0.252 e. The monoisotopic (exact) mass is 237 g/mol. The van der Waals surface area contributed by atoms with Crippen LogP contribution in [0.15, 0.2) is 23.1 Å². The van der Waals surface area contributed by atoms with Crippen LogP contribution in [0.5, 0.6) is 0 Å². The molecule has 76 valence electrons. The Morgan fingerprint density at radius 1 is 1.43 bits per heavy atom. The van der Waals surface area contributed by atoms with Crippen LogP contribution >= 0.6 is 11.6 Å². The minimum atomic E-state index is -4.18. The Kier molecular flexibility index (Phi) is 2.89. The molecule has 0 aliphatic rings. The number of carbonyl (C=O) groups excluding carboxylic acids is 1. The summed E-state index contributed by atoms with van der Waals surface area (Å²) >= 11 is 5.08. The number of rotatable bonds is 2. The van der Waals surface area contributed by atoms with E-state index >= 15 is 0 Å². The van der Waals surface area contributed by atoms with Crippen molar-refractivity contribution >= 4 is 26.9 Å². The maximum absolute atomic E-state index is 12.9. The Bertz CT molecular complexity index is 486. The fraction of sp³-hybridized carbons (Fsp3) is 0. The lowest BCUT2D eigenvalue weighted by molar-refractivity contribution is 0.108. The Labute approximate surface area is 84.5 Å². The van der Waals surface area contributed by atoms with Gasteiger partial charge in [-0.25, -0.2) is 17.9 Å². The normalized spacial score (nSPS) is 11.4. The quantitative estimate of drug-likeness (QED) is 0.775. The van der Waals surface area contributed by atoms with Gasteiger partial charge in [-0.1, -0.05) is 0 Å². The van der Waals surface area contributed by atoms with Crippen LogP contribution < -0.4 is 5.14 Å². The number of nitrogens with two attached hydrogens (primary N) is 1. The van der Waals surface area contributed by atoms with Gasteiger partial charge in [-0.2, -0.15) is 0 Å². The lowest BCUT2D eigenvalue weighted by Gasteiger charge is -2.01. The standard InChI is InChI=1S/C7H5ClFNO3S/c8-7(11)4-1-2-5(9)6(3-4)14(10,12)13/h1-3H,(H2,10,12,13). The average Bonchev–Trinajstić information content (AvgIpc) is 2.02. The second kappa shape index (κ2) is 3.64. The molecule has 0 aliphatic heterocycles. The first-order valence-corrected chi connectivity index (χ1v) is 5.27. The number of sulfonamides is 1. The summed E-state index contributed by atoms with van der Waals surface area (Å²) in [5.74, 6) is -1.02. The van der Waals surface area contributed by atoms with Crippen LogP contribution in [0.25, 0.3) is 0 Å². The van der Waals surface area contributed by atoms with E-state index in [9.17, 15) is 17.6 Å². The van der Waals surface area contributed by atoms with Crippen molar-refractivity contribution in [1.29, 1.82) is 0 Å². The highest BCUT2D eigenvalue weighted by molar-refractivity contribution is 7.89. The van der Waals surface area contributed by atoms with Crippen molar-refractivity contribution in [3.63, 3.8) is 0 Å². The molecule has 0 bridgehead atoms. The molecule has 0 aromatic heterocycles. The van der Waals surface area contributed by atoms with Gasteiger partial charge in [0.15, 0.2) is 0 Å². The summed E-state index contributed by atoms with van der Waals surface area (Å²) in [6.07, 6.45) is 0. The second-order valence-corrected chi connectivity index (χ2v) is 4.34. The van der Waals surface area contributed by atoms with Gasteiger partial charge < -0.3 is 0 Å². The highest BCUT2D eigenvalue weighted by Crippen LogP contribution is 2.16. The summed E-state index contributed by atoms with van der Waals surface area (Å²) in [6, 6.07) is 2.68. The fourth-order valence-electron chi connectivity index (χ4n) is 0.844. The van der Waals surface area contributed by atoms with Crippen molar-refractivity contribution in [2.75, 3.05) is 0 Å². The van der Waals surface area contributed by atoms with E-state index in [-0.39, 0.29) is 5.56 Å².